The average Bonchev–Trinajstić information content (AvgIpc) is 2.89. The number of nitrogens with zero attached hydrogens (tertiary/aromatic N) is 1. The first-order valence-corrected chi connectivity index (χ1v) is 5.68. The summed E-state index contributed by atoms with van der Waals surface area (Å²) in [6.07, 6.45) is 0.934. The molecule has 0 aliphatic carbocycles. The molecule has 1 saturated heterocycles. The summed E-state index contributed by atoms with van der Waals surface area (Å²) in [7, 11) is 0. The number of benzene rings is 1. The van der Waals surface area contributed by atoms with Crippen LogP contribution in [0, 0.1) is 11.7 Å². The van der Waals surface area contributed by atoms with Gasteiger partial charge in [-0.2, -0.15) is 0 Å². The molecule has 0 aromatic heterocycles. The standard InChI is InChI=1S/C12H15FN2O3/c13-10-5-9(12(14)15-16)1-2-11(10)18-7-8-3-4-17-6-8/h1-2,5,8,16H,3-4,6-7H2,(H2,14,15). The second kappa shape index (κ2) is 5.68. The van der Waals surface area contributed by atoms with E-state index in [9.17, 15) is 4.39 Å². The van der Waals surface area contributed by atoms with Crippen molar-refractivity contribution >= 4 is 5.84 Å². The summed E-state index contributed by atoms with van der Waals surface area (Å²) in [6.45, 7) is 1.82. The van der Waals surface area contributed by atoms with Gasteiger partial charge in [-0.15, -0.1) is 0 Å². The number of hydrogen-bond donors (Lipinski definition) is 2. The second-order valence-electron chi connectivity index (χ2n) is 4.17. The Kier molecular flexibility index (Phi) is 3.99. The van der Waals surface area contributed by atoms with Crippen molar-refractivity contribution in [2.24, 2.45) is 16.8 Å². The highest BCUT2D eigenvalue weighted by Gasteiger charge is 2.17. The fourth-order valence-electron chi connectivity index (χ4n) is 1.76. The number of hydrogen-bond acceptors (Lipinski definition) is 4. The van der Waals surface area contributed by atoms with E-state index in [4.69, 9.17) is 20.4 Å². The Morgan fingerprint density at radius 1 is 1.61 bits per heavy atom. The number of ether oxygens (including phenoxy) is 2. The minimum absolute atomic E-state index is 0.135. The first-order valence-electron chi connectivity index (χ1n) is 5.68. The Labute approximate surface area is 104 Å². The van der Waals surface area contributed by atoms with Crippen LogP contribution in [0.25, 0.3) is 0 Å². The molecule has 5 nitrogen and oxygen atoms in total. The van der Waals surface area contributed by atoms with Gasteiger partial charge in [0, 0.05) is 18.1 Å². The number of halogens is 1. The predicted molar refractivity (Wildman–Crippen MR) is 63.3 cm³/mol. The van der Waals surface area contributed by atoms with E-state index in [1.807, 2.05) is 0 Å². The van der Waals surface area contributed by atoms with E-state index in [2.05, 4.69) is 5.16 Å². The number of amidine groups is 1. The van der Waals surface area contributed by atoms with Crippen LogP contribution in [0.5, 0.6) is 5.75 Å². The van der Waals surface area contributed by atoms with Gasteiger partial charge in [-0.3, -0.25) is 0 Å². The molecule has 18 heavy (non-hydrogen) atoms. The van der Waals surface area contributed by atoms with Gasteiger partial charge < -0.3 is 20.4 Å². The molecule has 1 atom stereocenters. The molecule has 1 aromatic rings. The minimum Gasteiger partial charge on any atom is -0.490 e. The highest BCUT2D eigenvalue weighted by molar-refractivity contribution is 5.97. The minimum atomic E-state index is -0.530. The Hall–Kier alpha value is -1.82. The summed E-state index contributed by atoms with van der Waals surface area (Å²) < 4.78 is 24.3. The zero-order valence-corrected chi connectivity index (χ0v) is 9.80. The van der Waals surface area contributed by atoms with E-state index >= 15 is 0 Å². The lowest BCUT2D eigenvalue weighted by atomic mass is 10.1. The number of rotatable bonds is 4. The zero-order valence-electron chi connectivity index (χ0n) is 9.80. The summed E-state index contributed by atoms with van der Waals surface area (Å²) in [5.74, 6) is -0.188. The van der Waals surface area contributed by atoms with E-state index in [1.165, 1.54) is 12.1 Å². The van der Waals surface area contributed by atoms with Crippen LogP contribution in [0.1, 0.15) is 12.0 Å². The summed E-state index contributed by atoms with van der Waals surface area (Å²) in [6, 6.07) is 4.19. The third-order valence-corrected chi connectivity index (χ3v) is 2.83. The van der Waals surface area contributed by atoms with Gasteiger partial charge in [-0.1, -0.05) is 5.16 Å². The molecule has 1 aliphatic rings. The first kappa shape index (κ1) is 12.6. The summed E-state index contributed by atoms with van der Waals surface area (Å²) in [5, 5.41) is 11.3. The van der Waals surface area contributed by atoms with Crippen molar-refractivity contribution in [3.05, 3.63) is 29.6 Å². The molecule has 6 heteroatoms. The normalized spacial score (nSPS) is 20.1. The van der Waals surface area contributed by atoms with Crippen molar-refractivity contribution in [3.63, 3.8) is 0 Å². The molecule has 0 spiro atoms. The van der Waals surface area contributed by atoms with Gasteiger partial charge >= 0.3 is 0 Å². The molecule has 0 radical (unpaired) electrons. The molecular weight excluding hydrogens is 239 g/mol. The van der Waals surface area contributed by atoms with Crippen LogP contribution in [0.4, 0.5) is 4.39 Å². The molecule has 1 heterocycles. The smallest absolute Gasteiger partial charge is 0.170 e. The maximum Gasteiger partial charge on any atom is 0.170 e. The topological polar surface area (TPSA) is 77.1 Å². The van der Waals surface area contributed by atoms with E-state index in [0.29, 0.717) is 24.7 Å². The van der Waals surface area contributed by atoms with Crippen LogP contribution < -0.4 is 10.5 Å². The fourth-order valence-corrected chi connectivity index (χ4v) is 1.76. The summed E-state index contributed by atoms with van der Waals surface area (Å²) in [4.78, 5) is 0. The molecule has 0 amide bonds. The van der Waals surface area contributed by atoms with Gasteiger partial charge in [0.1, 0.15) is 0 Å². The van der Waals surface area contributed by atoms with E-state index < -0.39 is 5.82 Å². The second-order valence-corrected chi connectivity index (χ2v) is 4.17. The lowest BCUT2D eigenvalue weighted by Crippen LogP contribution is -2.15. The van der Waals surface area contributed by atoms with Gasteiger partial charge in [-0.25, -0.2) is 4.39 Å². The third kappa shape index (κ3) is 2.89. The maximum absolute atomic E-state index is 13.7. The Bertz CT molecular complexity index is 445. The Morgan fingerprint density at radius 3 is 3.06 bits per heavy atom. The van der Waals surface area contributed by atoms with Gasteiger partial charge in [0.05, 0.1) is 13.2 Å². The zero-order chi connectivity index (χ0) is 13.0. The molecule has 1 fully saturated rings. The number of oxime groups is 1. The van der Waals surface area contributed by atoms with Crippen LogP contribution in [0.3, 0.4) is 0 Å². The van der Waals surface area contributed by atoms with Crippen molar-refractivity contribution in [1.82, 2.24) is 0 Å². The van der Waals surface area contributed by atoms with Crippen LogP contribution in [-0.4, -0.2) is 30.9 Å². The van der Waals surface area contributed by atoms with Crippen molar-refractivity contribution in [3.8, 4) is 5.75 Å². The summed E-state index contributed by atoms with van der Waals surface area (Å²) in [5.41, 5.74) is 5.67. The van der Waals surface area contributed by atoms with Crippen LogP contribution in [0.15, 0.2) is 23.4 Å². The van der Waals surface area contributed by atoms with Crippen molar-refractivity contribution in [2.75, 3.05) is 19.8 Å². The Balaban J connectivity index is 2.00. The largest absolute Gasteiger partial charge is 0.490 e. The average molecular weight is 254 g/mol. The monoisotopic (exact) mass is 254 g/mol. The quantitative estimate of drug-likeness (QED) is 0.368. The molecule has 0 saturated carbocycles. The highest BCUT2D eigenvalue weighted by Crippen LogP contribution is 2.20. The Morgan fingerprint density at radius 2 is 2.44 bits per heavy atom. The third-order valence-electron chi connectivity index (χ3n) is 2.83. The van der Waals surface area contributed by atoms with Gasteiger partial charge in [0.2, 0.25) is 0 Å². The molecule has 2 rings (SSSR count). The molecule has 1 unspecified atom stereocenters. The fraction of sp³-hybridized carbons (Fsp3) is 0.417. The van der Waals surface area contributed by atoms with Gasteiger partial charge in [0.15, 0.2) is 17.4 Å². The molecule has 3 N–H and O–H groups in total. The molecule has 1 aromatic carbocycles. The number of nitrogens with two attached hydrogens (primary N) is 1. The van der Waals surface area contributed by atoms with Crippen LogP contribution in [-0.2, 0) is 4.74 Å². The van der Waals surface area contributed by atoms with Crippen molar-refractivity contribution in [2.45, 2.75) is 6.42 Å². The van der Waals surface area contributed by atoms with E-state index in [-0.39, 0.29) is 11.6 Å². The van der Waals surface area contributed by atoms with E-state index in [0.717, 1.165) is 13.0 Å². The SMILES string of the molecule is N/C(=N/O)c1ccc(OCC2CCOC2)c(F)c1. The summed E-state index contributed by atoms with van der Waals surface area (Å²) >= 11 is 0. The van der Waals surface area contributed by atoms with Crippen LogP contribution >= 0.6 is 0 Å². The lowest BCUT2D eigenvalue weighted by Gasteiger charge is -2.11. The molecule has 98 valence electrons. The lowest BCUT2D eigenvalue weighted by molar-refractivity contribution is 0.165. The predicted octanol–water partition coefficient (Wildman–Crippen LogP) is 1.34. The van der Waals surface area contributed by atoms with Crippen molar-refractivity contribution < 1.29 is 19.1 Å². The first-order chi connectivity index (χ1) is 8.70. The highest BCUT2D eigenvalue weighted by atomic mass is 19.1. The maximum atomic E-state index is 13.7. The molecular formula is C12H15FN2O3. The van der Waals surface area contributed by atoms with Gasteiger partial charge in [-0.05, 0) is 24.6 Å². The van der Waals surface area contributed by atoms with Crippen molar-refractivity contribution in [1.29, 1.82) is 0 Å². The van der Waals surface area contributed by atoms with Crippen LogP contribution in [0.2, 0.25) is 0 Å². The molecule has 1 aliphatic heterocycles. The van der Waals surface area contributed by atoms with E-state index in [1.54, 1.807) is 6.07 Å². The molecule has 0 bridgehead atoms. The van der Waals surface area contributed by atoms with Gasteiger partial charge in [0.25, 0.3) is 0 Å².